The van der Waals surface area contributed by atoms with Crippen molar-refractivity contribution in [1.82, 2.24) is 9.78 Å². The van der Waals surface area contributed by atoms with Gasteiger partial charge in [-0.15, -0.1) is 0 Å². The highest BCUT2D eigenvalue weighted by atomic mass is 32.2. The molecule has 6 heteroatoms. The van der Waals surface area contributed by atoms with E-state index in [4.69, 9.17) is 0 Å². The summed E-state index contributed by atoms with van der Waals surface area (Å²) >= 11 is 0. The summed E-state index contributed by atoms with van der Waals surface area (Å²) in [5, 5.41) is 4.59. The van der Waals surface area contributed by atoms with Gasteiger partial charge in [-0.05, 0) is 37.6 Å². The number of sulfonamides is 1. The van der Waals surface area contributed by atoms with Gasteiger partial charge in [-0.25, -0.2) is 13.1 Å². The van der Waals surface area contributed by atoms with E-state index in [2.05, 4.69) is 9.82 Å². The van der Waals surface area contributed by atoms with Gasteiger partial charge in [-0.1, -0.05) is 56.7 Å². The molecular formula is C21H25N3O2S. The third kappa shape index (κ3) is 4.06. The van der Waals surface area contributed by atoms with Gasteiger partial charge >= 0.3 is 0 Å². The molecule has 5 nitrogen and oxygen atoms in total. The molecule has 142 valence electrons. The van der Waals surface area contributed by atoms with Crippen LogP contribution in [0, 0.1) is 13.8 Å². The normalized spacial score (nSPS) is 12.2. The highest BCUT2D eigenvalue weighted by Gasteiger charge is 2.30. The predicted molar refractivity (Wildman–Crippen MR) is 109 cm³/mol. The van der Waals surface area contributed by atoms with Gasteiger partial charge in [-0.2, -0.15) is 5.10 Å². The number of anilines is 1. The van der Waals surface area contributed by atoms with Gasteiger partial charge < -0.3 is 0 Å². The number of hydrogen-bond acceptors (Lipinski definition) is 3. The Kier molecular flexibility index (Phi) is 4.86. The Morgan fingerprint density at radius 3 is 2.26 bits per heavy atom. The zero-order valence-corrected chi connectivity index (χ0v) is 17.1. The van der Waals surface area contributed by atoms with Crippen molar-refractivity contribution in [3.63, 3.8) is 0 Å². The van der Waals surface area contributed by atoms with Gasteiger partial charge in [0.25, 0.3) is 10.0 Å². The first-order valence-electron chi connectivity index (χ1n) is 8.83. The van der Waals surface area contributed by atoms with Crippen LogP contribution >= 0.6 is 0 Å². The van der Waals surface area contributed by atoms with E-state index in [-0.39, 0.29) is 4.90 Å². The van der Waals surface area contributed by atoms with E-state index in [0.717, 1.165) is 16.8 Å². The summed E-state index contributed by atoms with van der Waals surface area (Å²) < 4.78 is 30.7. The SMILES string of the molecule is Cc1ccc(NS(=O)(=O)c2cn(-c3ccccc3)nc2C(C)(C)C)c(C)c1. The van der Waals surface area contributed by atoms with Crippen LogP contribution in [0.3, 0.4) is 0 Å². The first-order valence-corrected chi connectivity index (χ1v) is 10.3. The Morgan fingerprint density at radius 2 is 1.67 bits per heavy atom. The first kappa shape index (κ1) is 19.2. The number of para-hydroxylation sites is 1. The van der Waals surface area contributed by atoms with Crippen molar-refractivity contribution in [2.75, 3.05) is 4.72 Å². The molecular weight excluding hydrogens is 358 g/mol. The second kappa shape index (κ2) is 6.85. The van der Waals surface area contributed by atoms with Crippen LogP contribution in [0.15, 0.2) is 59.6 Å². The van der Waals surface area contributed by atoms with Crippen LogP contribution in [0.4, 0.5) is 5.69 Å². The van der Waals surface area contributed by atoms with Crippen molar-refractivity contribution in [3.8, 4) is 5.69 Å². The molecule has 1 aromatic heterocycles. The number of nitrogens with zero attached hydrogens (tertiary/aromatic N) is 2. The molecule has 0 amide bonds. The Morgan fingerprint density at radius 1 is 1.00 bits per heavy atom. The molecule has 1 N–H and O–H groups in total. The van der Waals surface area contributed by atoms with E-state index in [1.165, 1.54) is 0 Å². The smallest absolute Gasteiger partial charge is 0.265 e. The Hall–Kier alpha value is -2.60. The van der Waals surface area contributed by atoms with Crippen LogP contribution in [0.2, 0.25) is 0 Å². The Bertz CT molecular complexity index is 1060. The molecule has 0 aliphatic rings. The molecule has 0 unspecified atom stereocenters. The van der Waals surface area contributed by atoms with Crippen molar-refractivity contribution in [2.45, 2.75) is 44.9 Å². The van der Waals surface area contributed by atoms with Crippen LogP contribution in [0.25, 0.3) is 5.69 Å². The second-order valence-corrected chi connectivity index (χ2v) is 9.45. The molecule has 3 aromatic rings. The summed E-state index contributed by atoms with van der Waals surface area (Å²) in [6.07, 6.45) is 1.59. The lowest BCUT2D eigenvalue weighted by molar-refractivity contribution is 0.543. The molecule has 0 aliphatic carbocycles. The molecule has 0 fully saturated rings. The van der Waals surface area contributed by atoms with Crippen LogP contribution in [-0.2, 0) is 15.4 Å². The van der Waals surface area contributed by atoms with Crippen molar-refractivity contribution in [3.05, 3.63) is 71.5 Å². The number of benzene rings is 2. The maximum absolute atomic E-state index is 13.2. The molecule has 0 bridgehead atoms. The Balaban J connectivity index is 2.09. The summed E-state index contributed by atoms with van der Waals surface area (Å²) in [6, 6.07) is 15.1. The monoisotopic (exact) mass is 383 g/mol. The number of rotatable bonds is 4. The number of aromatic nitrogens is 2. The van der Waals surface area contributed by atoms with Crippen molar-refractivity contribution >= 4 is 15.7 Å². The average Bonchev–Trinajstić information content (AvgIpc) is 3.05. The lowest BCUT2D eigenvalue weighted by Gasteiger charge is -2.18. The van der Waals surface area contributed by atoms with E-state index in [1.807, 2.05) is 77.1 Å². The van der Waals surface area contributed by atoms with Crippen LogP contribution in [-0.4, -0.2) is 18.2 Å². The number of hydrogen-bond donors (Lipinski definition) is 1. The highest BCUT2D eigenvalue weighted by molar-refractivity contribution is 7.92. The standard InChI is InChI=1S/C21H25N3O2S/c1-15-11-12-18(16(2)13-15)23-27(25,26)19-14-24(17-9-7-6-8-10-17)22-20(19)21(3,4)5/h6-14,23H,1-5H3. The van der Waals surface area contributed by atoms with E-state index < -0.39 is 15.4 Å². The zero-order chi connectivity index (χ0) is 19.8. The van der Waals surface area contributed by atoms with E-state index >= 15 is 0 Å². The number of aryl methyl sites for hydroxylation is 2. The topological polar surface area (TPSA) is 64.0 Å². The molecule has 0 atom stereocenters. The molecule has 3 rings (SSSR count). The quantitative estimate of drug-likeness (QED) is 0.717. The predicted octanol–water partition coefficient (Wildman–Crippen LogP) is 4.59. The number of nitrogens with one attached hydrogen (secondary N) is 1. The van der Waals surface area contributed by atoms with Crippen molar-refractivity contribution in [1.29, 1.82) is 0 Å². The average molecular weight is 384 g/mol. The fraction of sp³-hybridized carbons (Fsp3) is 0.286. The summed E-state index contributed by atoms with van der Waals surface area (Å²) in [4.78, 5) is 0.193. The lowest BCUT2D eigenvalue weighted by Crippen LogP contribution is -2.20. The molecule has 0 aliphatic heterocycles. The fourth-order valence-corrected chi connectivity index (χ4v) is 4.38. The maximum Gasteiger partial charge on any atom is 0.265 e. The van der Waals surface area contributed by atoms with Crippen LogP contribution < -0.4 is 4.72 Å². The largest absolute Gasteiger partial charge is 0.279 e. The zero-order valence-electron chi connectivity index (χ0n) is 16.3. The third-order valence-electron chi connectivity index (χ3n) is 4.33. The van der Waals surface area contributed by atoms with E-state index in [1.54, 1.807) is 16.9 Å². The van der Waals surface area contributed by atoms with Crippen LogP contribution in [0.1, 0.15) is 37.6 Å². The first-order chi connectivity index (χ1) is 12.6. The fourth-order valence-electron chi connectivity index (χ4n) is 2.92. The molecule has 0 saturated carbocycles. The van der Waals surface area contributed by atoms with Gasteiger partial charge in [0.05, 0.1) is 23.3 Å². The summed E-state index contributed by atoms with van der Waals surface area (Å²) in [5.74, 6) is 0. The molecule has 0 spiro atoms. The molecule has 1 heterocycles. The summed E-state index contributed by atoms with van der Waals surface area (Å²) in [7, 11) is -3.78. The minimum Gasteiger partial charge on any atom is -0.279 e. The van der Waals surface area contributed by atoms with Gasteiger partial charge in [-0.3, -0.25) is 4.72 Å². The third-order valence-corrected chi connectivity index (χ3v) is 5.69. The van der Waals surface area contributed by atoms with Crippen LogP contribution in [0.5, 0.6) is 0 Å². The molecule has 0 radical (unpaired) electrons. The Labute approximate surface area is 161 Å². The van der Waals surface area contributed by atoms with Gasteiger partial charge in [0, 0.05) is 5.41 Å². The minimum absolute atomic E-state index is 0.193. The molecule has 2 aromatic carbocycles. The maximum atomic E-state index is 13.2. The van der Waals surface area contributed by atoms with Gasteiger partial charge in [0.2, 0.25) is 0 Å². The second-order valence-electron chi connectivity index (χ2n) is 7.80. The van der Waals surface area contributed by atoms with Crippen molar-refractivity contribution < 1.29 is 8.42 Å². The highest BCUT2D eigenvalue weighted by Crippen LogP contribution is 2.30. The van der Waals surface area contributed by atoms with Gasteiger partial charge in [0.1, 0.15) is 4.90 Å². The summed E-state index contributed by atoms with van der Waals surface area (Å²) in [5.41, 5.74) is 3.47. The molecule has 0 saturated heterocycles. The summed E-state index contributed by atoms with van der Waals surface area (Å²) in [6.45, 7) is 9.75. The van der Waals surface area contributed by atoms with Crippen molar-refractivity contribution in [2.24, 2.45) is 0 Å². The lowest BCUT2D eigenvalue weighted by atomic mass is 9.92. The van der Waals surface area contributed by atoms with E-state index in [0.29, 0.717) is 11.4 Å². The molecule has 27 heavy (non-hydrogen) atoms. The van der Waals surface area contributed by atoms with E-state index in [9.17, 15) is 8.42 Å². The van der Waals surface area contributed by atoms with Gasteiger partial charge in [0.15, 0.2) is 0 Å². The minimum atomic E-state index is -3.78.